The molecule has 18 heavy (non-hydrogen) atoms. The van der Waals surface area contributed by atoms with Gasteiger partial charge in [0.15, 0.2) is 5.76 Å². The molecule has 0 aliphatic carbocycles. The number of nitrogens with zero attached hydrogens (tertiary/aromatic N) is 2. The molecule has 3 rings (SSSR count). The second-order valence-corrected chi connectivity index (χ2v) is 4.28. The summed E-state index contributed by atoms with van der Waals surface area (Å²) in [7, 11) is 1.79. The Morgan fingerprint density at radius 2 is 2.11 bits per heavy atom. The van der Waals surface area contributed by atoms with Crippen LogP contribution in [-0.2, 0) is 7.05 Å². The highest BCUT2D eigenvalue weighted by Gasteiger charge is 2.18. The summed E-state index contributed by atoms with van der Waals surface area (Å²) in [6.07, 6.45) is 1.71. The molecule has 0 fully saturated rings. The normalized spacial score (nSPS) is 11.0. The van der Waals surface area contributed by atoms with Crippen molar-refractivity contribution >= 4 is 16.8 Å². The number of benzene rings is 1. The zero-order chi connectivity index (χ0) is 12.7. The lowest BCUT2D eigenvalue weighted by atomic mass is 10.1. The van der Waals surface area contributed by atoms with Gasteiger partial charge in [-0.25, -0.2) is 0 Å². The van der Waals surface area contributed by atoms with Crippen molar-refractivity contribution in [2.45, 2.75) is 6.92 Å². The monoisotopic (exact) mass is 240 g/mol. The van der Waals surface area contributed by atoms with Crippen LogP contribution in [0.2, 0.25) is 0 Å². The molecule has 0 saturated carbocycles. The Morgan fingerprint density at radius 1 is 1.33 bits per heavy atom. The summed E-state index contributed by atoms with van der Waals surface area (Å²) in [4.78, 5) is 12.3. The average Bonchev–Trinajstić information content (AvgIpc) is 2.91. The van der Waals surface area contributed by atoms with Crippen LogP contribution in [0.5, 0.6) is 0 Å². The molecule has 0 N–H and O–H groups in total. The van der Waals surface area contributed by atoms with E-state index in [1.165, 1.54) is 0 Å². The van der Waals surface area contributed by atoms with Gasteiger partial charge in [0.25, 0.3) is 0 Å². The third-order valence-electron chi connectivity index (χ3n) is 2.91. The molecule has 2 heterocycles. The van der Waals surface area contributed by atoms with Crippen LogP contribution in [0.3, 0.4) is 0 Å². The van der Waals surface area contributed by atoms with E-state index < -0.39 is 0 Å². The van der Waals surface area contributed by atoms with Crippen molar-refractivity contribution < 1.29 is 9.21 Å². The maximum Gasteiger partial charge on any atom is 0.231 e. The minimum Gasteiger partial charge on any atom is -0.453 e. The lowest BCUT2D eigenvalue weighted by Gasteiger charge is -1.93. The summed E-state index contributed by atoms with van der Waals surface area (Å²) in [5.41, 5.74) is 2.02. The van der Waals surface area contributed by atoms with Crippen molar-refractivity contribution in [1.29, 1.82) is 0 Å². The first-order valence-corrected chi connectivity index (χ1v) is 5.68. The quantitative estimate of drug-likeness (QED) is 0.647. The van der Waals surface area contributed by atoms with Gasteiger partial charge in [-0.15, -0.1) is 0 Å². The molecule has 1 aromatic carbocycles. The highest BCUT2D eigenvalue weighted by Crippen LogP contribution is 2.21. The van der Waals surface area contributed by atoms with Crippen LogP contribution in [0.15, 0.2) is 40.9 Å². The average molecular weight is 240 g/mol. The summed E-state index contributed by atoms with van der Waals surface area (Å²) < 4.78 is 7.19. The van der Waals surface area contributed by atoms with E-state index in [-0.39, 0.29) is 5.78 Å². The fourth-order valence-electron chi connectivity index (χ4n) is 2.05. The van der Waals surface area contributed by atoms with E-state index in [0.29, 0.717) is 17.0 Å². The number of hydrogen-bond donors (Lipinski definition) is 0. The van der Waals surface area contributed by atoms with E-state index in [9.17, 15) is 4.79 Å². The van der Waals surface area contributed by atoms with Crippen molar-refractivity contribution in [3.63, 3.8) is 0 Å². The van der Waals surface area contributed by atoms with Crippen molar-refractivity contribution in [2.75, 3.05) is 0 Å². The van der Waals surface area contributed by atoms with Crippen LogP contribution in [0, 0.1) is 6.92 Å². The van der Waals surface area contributed by atoms with E-state index >= 15 is 0 Å². The van der Waals surface area contributed by atoms with Gasteiger partial charge in [-0.1, -0.05) is 18.2 Å². The Bertz CT molecular complexity index is 704. The fraction of sp³-hybridized carbons (Fsp3) is 0.143. The highest BCUT2D eigenvalue weighted by molar-refractivity contribution is 6.09. The third kappa shape index (κ3) is 1.62. The van der Waals surface area contributed by atoms with Gasteiger partial charge in [-0.3, -0.25) is 9.48 Å². The van der Waals surface area contributed by atoms with Gasteiger partial charge in [0.05, 0.1) is 11.3 Å². The molecular weight excluding hydrogens is 228 g/mol. The zero-order valence-corrected chi connectivity index (χ0v) is 10.2. The second kappa shape index (κ2) is 3.84. The number of ketones is 1. The van der Waals surface area contributed by atoms with Crippen molar-refractivity contribution in [2.24, 2.45) is 7.05 Å². The number of hydrogen-bond acceptors (Lipinski definition) is 3. The van der Waals surface area contributed by atoms with Crippen LogP contribution in [0.25, 0.3) is 11.0 Å². The molecule has 90 valence electrons. The Morgan fingerprint density at radius 3 is 2.78 bits per heavy atom. The number of aromatic nitrogens is 2. The van der Waals surface area contributed by atoms with Gasteiger partial charge in [0.1, 0.15) is 5.58 Å². The fourth-order valence-corrected chi connectivity index (χ4v) is 2.05. The second-order valence-electron chi connectivity index (χ2n) is 4.28. The van der Waals surface area contributed by atoms with Crippen LogP contribution in [-0.4, -0.2) is 15.6 Å². The predicted octanol–water partition coefficient (Wildman–Crippen LogP) is 2.71. The third-order valence-corrected chi connectivity index (χ3v) is 2.91. The van der Waals surface area contributed by atoms with Crippen molar-refractivity contribution in [3.05, 3.63) is 53.5 Å². The smallest absolute Gasteiger partial charge is 0.231 e. The standard InChI is InChI=1S/C14H12N2O2/c1-9-11(8-16(2)15-9)14(17)13-7-10-5-3-4-6-12(10)18-13/h3-8H,1-2H3. The van der Waals surface area contributed by atoms with Gasteiger partial charge in [0.2, 0.25) is 5.78 Å². The molecule has 0 aliphatic heterocycles. The van der Waals surface area contributed by atoms with Crippen molar-refractivity contribution in [1.82, 2.24) is 9.78 Å². The summed E-state index contributed by atoms with van der Waals surface area (Å²) >= 11 is 0. The van der Waals surface area contributed by atoms with Crippen LogP contribution >= 0.6 is 0 Å². The SMILES string of the molecule is Cc1nn(C)cc1C(=O)c1cc2ccccc2o1. The maximum atomic E-state index is 12.3. The van der Waals surface area contributed by atoms with Crippen LogP contribution < -0.4 is 0 Å². The molecule has 2 aromatic heterocycles. The van der Waals surface area contributed by atoms with E-state index in [2.05, 4.69) is 5.10 Å². The minimum absolute atomic E-state index is 0.128. The lowest BCUT2D eigenvalue weighted by molar-refractivity contribution is 0.101. The number of rotatable bonds is 2. The largest absolute Gasteiger partial charge is 0.453 e. The molecule has 0 spiro atoms. The molecule has 3 aromatic rings. The number of para-hydroxylation sites is 1. The highest BCUT2D eigenvalue weighted by atomic mass is 16.3. The van der Waals surface area contributed by atoms with Crippen LogP contribution in [0.1, 0.15) is 21.8 Å². The topological polar surface area (TPSA) is 48.0 Å². The van der Waals surface area contributed by atoms with Crippen molar-refractivity contribution in [3.8, 4) is 0 Å². The Labute approximate surface area is 104 Å². The first kappa shape index (κ1) is 10.8. The Kier molecular flexibility index (Phi) is 2.30. The molecule has 4 nitrogen and oxygen atoms in total. The first-order valence-electron chi connectivity index (χ1n) is 5.68. The molecule has 0 amide bonds. The van der Waals surface area contributed by atoms with E-state index in [0.717, 1.165) is 11.0 Å². The number of carbonyl (C=O) groups is 1. The first-order chi connectivity index (χ1) is 8.65. The molecule has 0 unspecified atom stereocenters. The molecule has 0 bridgehead atoms. The lowest BCUT2D eigenvalue weighted by Crippen LogP contribution is -1.99. The molecule has 0 radical (unpaired) electrons. The number of furan rings is 1. The van der Waals surface area contributed by atoms with Crippen LogP contribution in [0.4, 0.5) is 0 Å². The number of carbonyl (C=O) groups excluding carboxylic acids is 1. The summed E-state index contributed by atoms with van der Waals surface area (Å²) in [6, 6.07) is 9.34. The summed E-state index contributed by atoms with van der Waals surface area (Å²) in [5, 5.41) is 5.10. The van der Waals surface area contributed by atoms with E-state index in [1.54, 1.807) is 24.0 Å². The number of aryl methyl sites for hydroxylation is 2. The zero-order valence-electron chi connectivity index (χ0n) is 10.2. The molecule has 0 saturated heterocycles. The van der Waals surface area contributed by atoms with Gasteiger partial charge in [0, 0.05) is 18.6 Å². The molecule has 4 heteroatoms. The molecular formula is C14H12N2O2. The van der Waals surface area contributed by atoms with Gasteiger partial charge < -0.3 is 4.42 Å². The van der Waals surface area contributed by atoms with Gasteiger partial charge in [-0.2, -0.15) is 5.10 Å². The van der Waals surface area contributed by atoms with E-state index in [4.69, 9.17) is 4.42 Å². The van der Waals surface area contributed by atoms with Gasteiger partial charge in [-0.05, 0) is 19.1 Å². The summed E-state index contributed by atoms with van der Waals surface area (Å²) in [6.45, 7) is 1.82. The summed E-state index contributed by atoms with van der Waals surface area (Å²) in [5.74, 6) is 0.226. The minimum atomic E-state index is -0.128. The maximum absolute atomic E-state index is 12.3. The molecule has 0 aliphatic rings. The Hall–Kier alpha value is -2.36. The van der Waals surface area contributed by atoms with Gasteiger partial charge >= 0.3 is 0 Å². The van der Waals surface area contributed by atoms with E-state index in [1.807, 2.05) is 31.2 Å². The Balaban J connectivity index is 2.09. The predicted molar refractivity (Wildman–Crippen MR) is 67.6 cm³/mol. The molecule has 0 atom stereocenters. The number of fused-ring (bicyclic) bond motifs is 1.